The number of rotatable bonds is 2. The number of benzene rings is 6. The van der Waals surface area contributed by atoms with Gasteiger partial charge in [0.25, 0.3) is 0 Å². The Bertz CT molecular complexity index is 2240. The molecule has 41 heavy (non-hydrogen) atoms. The van der Waals surface area contributed by atoms with Crippen LogP contribution in [0.5, 0.6) is 23.0 Å². The van der Waals surface area contributed by atoms with Gasteiger partial charge in [0.1, 0.15) is 39.5 Å². The minimum absolute atomic E-state index is 0.583. The van der Waals surface area contributed by atoms with Crippen molar-refractivity contribution in [1.29, 1.82) is 0 Å². The molecule has 5 heteroatoms. The van der Waals surface area contributed by atoms with Crippen LogP contribution in [0, 0.1) is 0 Å². The maximum absolute atomic E-state index is 15.0. The Labute approximate surface area is 235 Å². The zero-order valence-corrected chi connectivity index (χ0v) is 22.6. The van der Waals surface area contributed by atoms with E-state index in [1.165, 1.54) is 0 Å². The molecule has 9 rings (SSSR count). The fourth-order valence-corrected chi connectivity index (χ4v) is 9.27. The topological polar surface area (TPSA) is 48.7 Å². The molecular formula is C36H21O4P. The molecule has 0 radical (unpaired) electrons. The number of hydrogen-bond donors (Lipinski definition) is 0. The maximum Gasteiger partial charge on any atom is 0.185 e. The Morgan fingerprint density at radius 3 is 2.00 bits per heavy atom. The molecule has 6 aromatic carbocycles. The molecule has 2 aliphatic rings. The van der Waals surface area contributed by atoms with Gasteiger partial charge in [-0.05, 0) is 59.2 Å². The van der Waals surface area contributed by atoms with Crippen LogP contribution in [0.1, 0.15) is 0 Å². The highest BCUT2D eigenvalue weighted by molar-refractivity contribution is 7.86. The predicted molar refractivity (Wildman–Crippen MR) is 164 cm³/mol. The molecular weight excluding hydrogens is 527 g/mol. The van der Waals surface area contributed by atoms with Crippen LogP contribution in [0.2, 0.25) is 0 Å². The number of furan rings is 1. The lowest BCUT2D eigenvalue weighted by Crippen LogP contribution is -2.34. The Morgan fingerprint density at radius 1 is 0.488 bits per heavy atom. The lowest BCUT2D eigenvalue weighted by molar-refractivity contribution is 0.462. The molecule has 0 aliphatic carbocycles. The normalized spacial score (nSPS) is 16.4. The van der Waals surface area contributed by atoms with Crippen molar-refractivity contribution in [3.63, 3.8) is 0 Å². The molecule has 0 N–H and O–H groups in total. The molecule has 3 heterocycles. The van der Waals surface area contributed by atoms with Crippen molar-refractivity contribution in [2.75, 3.05) is 0 Å². The van der Waals surface area contributed by atoms with Crippen molar-refractivity contribution < 1.29 is 18.5 Å². The van der Waals surface area contributed by atoms with Crippen LogP contribution in [0.15, 0.2) is 132 Å². The van der Waals surface area contributed by atoms with Crippen LogP contribution in [0.25, 0.3) is 44.2 Å². The molecule has 7 aromatic rings. The lowest BCUT2D eigenvalue weighted by atomic mass is 9.98. The first-order valence-electron chi connectivity index (χ1n) is 13.5. The van der Waals surface area contributed by atoms with Crippen molar-refractivity contribution >= 4 is 45.0 Å². The summed E-state index contributed by atoms with van der Waals surface area (Å²) in [5, 5.41) is 4.28. The van der Waals surface area contributed by atoms with E-state index in [1.54, 1.807) is 0 Å². The van der Waals surface area contributed by atoms with Crippen LogP contribution in [0.4, 0.5) is 0 Å². The third kappa shape index (κ3) is 3.14. The van der Waals surface area contributed by atoms with Crippen LogP contribution in [-0.2, 0) is 4.57 Å². The predicted octanol–water partition coefficient (Wildman–Crippen LogP) is 8.77. The molecule has 1 atom stereocenters. The van der Waals surface area contributed by atoms with E-state index in [1.807, 2.05) is 78.9 Å². The summed E-state index contributed by atoms with van der Waals surface area (Å²) < 4.78 is 33.8. The van der Waals surface area contributed by atoms with E-state index in [0.717, 1.165) is 44.2 Å². The Morgan fingerprint density at radius 2 is 1.12 bits per heavy atom. The molecule has 0 spiro atoms. The molecule has 1 unspecified atom stereocenters. The van der Waals surface area contributed by atoms with Crippen molar-refractivity contribution in [2.24, 2.45) is 0 Å². The molecule has 4 nitrogen and oxygen atoms in total. The van der Waals surface area contributed by atoms with E-state index < -0.39 is 7.14 Å². The van der Waals surface area contributed by atoms with Gasteiger partial charge in [0, 0.05) is 16.3 Å². The van der Waals surface area contributed by atoms with E-state index >= 15 is 0 Å². The molecule has 0 fully saturated rings. The van der Waals surface area contributed by atoms with Gasteiger partial charge in [-0.3, -0.25) is 0 Å². The first-order chi connectivity index (χ1) is 20.2. The second-order valence-electron chi connectivity index (χ2n) is 10.4. The van der Waals surface area contributed by atoms with E-state index in [-0.39, 0.29) is 0 Å². The number of ether oxygens (including phenoxy) is 2. The van der Waals surface area contributed by atoms with E-state index in [2.05, 4.69) is 48.5 Å². The fraction of sp³-hybridized carbons (Fsp3) is 0. The van der Waals surface area contributed by atoms with Gasteiger partial charge in [0.05, 0.1) is 10.6 Å². The van der Waals surface area contributed by atoms with Gasteiger partial charge < -0.3 is 18.5 Å². The summed E-state index contributed by atoms with van der Waals surface area (Å²) in [7, 11) is -3.17. The first-order valence-corrected chi connectivity index (χ1v) is 15.2. The average molecular weight is 549 g/mol. The zero-order valence-electron chi connectivity index (χ0n) is 21.7. The lowest BCUT2D eigenvalue weighted by Gasteiger charge is -2.34. The summed E-state index contributed by atoms with van der Waals surface area (Å²) in [6.07, 6.45) is 0. The molecule has 2 aliphatic heterocycles. The van der Waals surface area contributed by atoms with E-state index in [9.17, 15) is 4.57 Å². The third-order valence-corrected chi connectivity index (χ3v) is 11.3. The fourth-order valence-electron chi connectivity index (χ4n) is 6.24. The van der Waals surface area contributed by atoms with Gasteiger partial charge in [-0.15, -0.1) is 0 Å². The zero-order chi connectivity index (χ0) is 27.1. The third-order valence-electron chi connectivity index (χ3n) is 8.15. The Balaban J connectivity index is 1.14. The van der Waals surface area contributed by atoms with Crippen LogP contribution < -0.4 is 25.4 Å². The minimum atomic E-state index is -3.17. The summed E-state index contributed by atoms with van der Waals surface area (Å²) in [4.78, 5) is 0. The Hall–Kier alpha value is -5.05. The molecule has 0 saturated heterocycles. The van der Waals surface area contributed by atoms with Crippen molar-refractivity contribution in [2.45, 2.75) is 0 Å². The molecule has 0 amide bonds. The second kappa shape index (κ2) is 8.23. The average Bonchev–Trinajstić information content (AvgIpc) is 3.40. The summed E-state index contributed by atoms with van der Waals surface area (Å²) in [6, 6.07) is 42.1. The van der Waals surface area contributed by atoms with Crippen LogP contribution in [-0.4, -0.2) is 0 Å². The summed E-state index contributed by atoms with van der Waals surface area (Å²) in [6.45, 7) is 0. The summed E-state index contributed by atoms with van der Waals surface area (Å²) in [5.74, 6) is 2.42. The Kier molecular flexibility index (Phi) is 4.57. The van der Waals surface area contributed by atoms with Gasteiger partial charge in [-0.1, -0.05) is 84.9 Å². The smallest absolute Gasteiger partial charge is 0.185 e. The van der Waals surface area contributed by atoms with Crippen molar-refractivity contribution in [1.82, 2.24) is 0 Å². The highest BCUT2D eigenvalue weighted by Crippen LogP contribution is 2.58. The number of hydrogen-bond acceptors (Lipinski definition) is 4. The van der Waals surface area contributed by atoms with E-state index in [4.69, 9.17) is 13.9 Å². The maximum atomic E-state index is 15.0. The van der Waals surface area contributed by atoms with Gasteiger partial charge in [-0.25, -0.2) is 0 Å². The van der Waals surface area contributed by atoms with Gasteiger partial charge >= 0.3 is 0 Å². The summed E-state index contributed by atoms with van der Waals surface area (Å²) >= 11 is 0. The van der Waals surface area contributed by atoms with Gasteiger partial charge in [-0.2, -0.15) is 0 Å². The van der Waals surface area contributed by atoms with Crippen LogP contribution >= 0.6 is 7.14 Å². The van der Waals surface area contributed by atoms with Gasteiger partial charge in [0.2, 0.25) is 0 Å². The SMILES string of the molecule is O=P12c3ccccc3Oc3cccc(c31)Oc1cc(-c3ccc(-c4cccc5c4oc4ccccc45)cc3)ccc12. The molecule has 0 bridgehead atoms. The summed E-state index contributed by atoms with van der Waals surface area (Å²) in [5.41, 5.74) is 5.95. The number of para-hydroxylation sites is 3. The van der Waals surface area contributed by atoms with Crippen molar-refractivity contribution in [3.05, 3.63) is 127 Å². The first kappa shape index (κ1) is 22.7. The molecule has 1 aromatic heterocycles. The minimum Gasteiger partial charge on any atom is -0.456 e. The quantitative estimate of drug-likeness (QED) is 0.203. The van der Waals surface area contributed by atoms with Crippen LogP contribution in [0.3, 0.4) is 0 Å². The standard InChI is InChI=1S/C36H21O4P/c37-41-33-14-4-3-11-29(33)38-30-12-6-13-31(36(30)41)39-32-21-24(19-20-34(32)41)22-15-17-23(18-16-22)25-8-5-9-27-26-7-1-2-10-28(26)40-35(25)27/h1-21H. The van der Waals surface area contributed by atoms with Gasteiger partial charge in [0.15, 0.2) is 7.14 Å². The highest BCUT2D eigenvalue weighted by atomic mass is 31.2. The van der Waals surface area contributed by atoms with Crippen molar-refractivity contribution in [3.8, 4) is 45.3 Å². The second-order valence-corrected chi connectivity index (χ2v) is 13.1. The molecule has 0 saturated carbocycles. The van der Waals surface area contributed by atoms with E-state index in [0.29, 0.717) is 38.9 Å². The largest absolute Gasteiger partial charge is 0.456 e. The molecule has 194 valence electrons. The monoisotopic (exact) mass is 548 g/mol. The number of fused-ring (bicyclic) bond motifs is 7. The highest BCUT2D eigenvalue weighted by Gasteiger charge is 2.46.